The van der Waals surface area contributed by atoms with Crippen LogP contribution in [0, 0.1) is 16.7 Å². The molecule has 0 N–H and O–H groups in total. The summed E-state index contributed by atoms with van der Waals surface area (Å²) < 4.78 is 10.1. The van der Waals surface area contributed by atoms with Gasteiger partial charge in [-0.3, -0.25) is 4.79 Å². The number of methoxy groups -OCH3 is 1. The van der Waals surface area contributed by atoms with Gasteiger partial charge in [0, 0.05) is 13.6 Å². The van der Waals surface area contributed by atoms with Crippen LogP contribution in [0.4, 0.5) is 0 Å². The maximum atomic E-state index is 12.2. The molecule has 1 aromatic carbocycles. The van der Waals surface area contributed by atoms with Crippen LogP contribution in [0.5, 0.6) is 5.75 Å². The molecule has 0 aromatic heterocycles. The van der Waals surface area contributed by atoms with E-state index >= 15 is 0 Å². The predicted octanol–water partition coefficient (Wildman–Crippen LogP) is 1.19. The van der Waals surface area contributed by atoms with Crippen LogP contribution in [0.1, 0.15) is 5.56 Å². The van der Waals surface area contributed by atoms with Crippen LogP contribution in [0.3, 0.4) is 0 Å². The Morgan fingerprint density at radius 2 is 2.32 bits per heavy atom. The quantitative estimate of drug-likeness (QED) is 0.816. The third-order valence-corrected chi connectivity index (χ3v) is 3.22. The number of carbonyl (C=O) groups excluding carboxylic acids is 1. The lowest BCUT2D eigenvalue weighted by Crippen LogP contribution is -2.53. The number of nitriles is 1. The second-order valence-electron chi connectivity index (χ2n) is 4.70. The van der Waals surface area contributed by atoms with E-state index in [1.165, 1.54) is 0 Å². The summed E-state index contributed by atoms with van der Waals surface area (Å²) in [6, 6.07) is 9.58. The van der Waals surface area contributed by atoms with Crippen molar-refractivity contribution in [1.29, 1.82) is 5.26 Å². The third kappa shape index (κ3) is 2.54. The largest absolute Gasteiger partial charge is 0.497 e. The molecule has 0 spiro atoms. The molecule has 19 heavy (non-hydrogen) atoms. The monoisotopic (exact) mass is 260 g/mol. The Bertz CT molecular complexity index is 518. The van der Waals surface area contributed by atoms with E-state index in [2.05, 4.69) is 6.07 Å². The maximum Gasteiger partial charge on any atom is 0.247 e. The van der Waals surface area contributed by atoms with Crippen LogP contribution in [-0.2, 0) is 16.1 Å². The summed E-state index contributed by atoms with van der Waals surface area (Å²) in [6.45, 7) is 0.815. The average molecular weight is 260 g/mol. The molecule has 1 fully saturated rings. The number of hydrogen-bond donors (Lipinski definition) is 0. The zero-order valence-electron chi connectivity index (χ0n) is 11.0. The van der Waals surface area contributed by atoms with Gasteiger partial charge in [0.25, 0.3) is 0 Å². The smallest absolute Gasteiger partial charge is 0.247 e. The van der Waals surface area contributed by atoms with Crippen molar-refractivity contribution in [2.75, 3.05) is 27.4 Å². The molecule has 1 heterocycles. The highest BCUT2D eigenvalue weighted by atomic mass is 16.5. The molecular weight excluding hydrogens is 244 g/mol. The zero-order valence-corrected chi connectivity index (χ0v) is 11.0. The van der Waals surface area contributed by atoms with Gasteiger partial charge in [0.2, 0.25) is 5.91 Å². The molecule has 0 unspecified atom stereocenters. The van der Waals surface area contributed by atoms with Gasteiger partial charge >= 0.3 is 0 Å². The Labute approximate surface area is 112 Å². The van der Waals surface area contributed by atoms with E-state index in [9.17, 15) is 4.79 Å². The molecule has 100 valence electrons. The summed E-state index contributed by atoms with van der Waals surface area (Å²) in [6.07, 6.45) is 0. The summed E-state index contributed by atoms with van der Waals surface area (Å²) in [7, 11) is 3.30. The second kappa shape index (κ2) is 5.29. The highest BCUT2D eigenvalue weighted by Gasteiger charge is 2.48. The van der Waals surface area contributed by atoms with Gasteiger partial charge in [-0.1, -0.05) is 12.1 Å². The minimum absolute atomic E-state index is 0.185. The first-order chi connectivity index (χ1) is 9.11. The minimum Gasteiger partial charge on any atom is -0.497 e. The molecular formula is C14H16N2O3. The van der Waals surface area contributed by atoms with E-state index in [1.807, 2.05) is 24.3 Å². The normalized spacial score (nSPS) is 16.1. The van der Waals surface area contributed by atoms with Crippen LogP contribution in [0.15, 0.2) is 24.3 Å². The van der Waals surface area contributed by atoms with Crippen LogP contribution in [-0.4, -0.2) is 38.2 Å². The summed E-state index contributed by atoms with van der Waals surface area (Å²) in [5.41, 5.74) is -0.0308. The number of amides is 1. The van der Waals surface area contributed by atoms with Crippen LogP contribution in [0.25, 0.3) is 0 Å². The summed E-state index contributed by atoms with van der Waals surface area (Å²) >= 11 is 0. The lowest BCUT2D eigenvalue weighted by molar-refractivity contribution is -0.160. The van der Waals surface area contributed by atoms with E-state index in [0.717, 1.165) is 11.3 Å². The van der Waals surface area contributed by atoms with Crippen molar-refractivity contribution in [2.45, 2.75) is 6.54 Å². The van der Waals surface area contributed by atoms with Crippen LogP contribution < -0.4 is 4.74 Å². The Kier molecular flexibility index (Phi) is 3.72. The Hall–Kier alpha value is -2.06. The van der Waals surface area contributed by atoms with Gasteiger partial charge in [-0.2, -0.15) is 5.26 Å². The van der Waals surface area contributed by atoms with Gasteiger partial charge in [0.05, 0.1) is 26.4 Å². The molecule has 1 aliphatic heterocycles. The van der Waals surface area contributed by atoms with Crippen LogP contribution in [0.2, 0.25) is 0 Å². The molecule has 2 rings (SSSR count). The molecule has 0 aliphatic carbocycles. The Morgan fingerprint density at radius 1 is 1.58 bits per heavy atom. The first kappa shape index (κ1) is 13.4. The third-order valence-electron chi connectivity index (χ3n) is 3.22. The highest BCUT2D eigenvalue weighted by molar-refractivity contribution is 5.86. The average Bonchev–Trinajstić information content (AvgIpc) is 2.38. The molecule has 0 bridgehead atoms. The van der Waals surface area contributed by atoms with Crippen molar-refractivity contribution in [1.82, 2.24) is 4.90 Å². The molecule has 5 heteroatoms. The van der Waals surface area contributed by atoms with Crippen molar-refractivity contribution in [2.24, 2.45) is 5.41 Å². The van der Waals surface area contributed by atoms with Gasteiger partial charge in [-0.25, -0.2) is 0 Å². The van der Waals surface area contributed by atoms with Gasteiger partial charge in [-0.15, -0.1) is 0 Å². The van der Waals surface area contributed by atoms with E-state index in [4.69, 9.17) is 14.7 Å². The van der Waals surface area contributed by atoms with E-state index in [0.29, 0.717) is 6.54 Å². The van der Waals surface area contributed by atoms with Crippen molar-refractivity contribution in [3.05, 3.63) is 29.8 Å². The van der Waals surface area contributed by atoms with Crippen LogP contribution >= 0.6 is 0 Å². The fourth-order valence-electron chi connectivity index (χ4n) is 2.02. The minimum atomic E-state index is -0.992. The number of ether oxygens (including phenoxy) is 2. The number of benzene rings is 1. The fraction of sp³-hybridized carbons (Fsp3) is 0.429. The van der Waals surface area contributed by atoms with Crippen molar-refractivity contribution < 1.29 is 14.3 Å². The molecule has 5 nitrogen and oxygen atoms in total. The summed E-state index contributed by atoms with van der Waals surface area (Å²) in [4.78, 5) is 13.8. The molecule has 1 aliphatic rings. The van der Waals surface area contributed by atoms with E-state index in [1.54, 1.807) is 19.1 Å². The number of nitrogens with zero attached hydrogens (tertiary/aromatic N) is 2. The molecule has 0 saturated carbocycles. The first-order valence-corrected chi connectivity index (χ1v) is 5.99. The fourth-order valence-corrected chi connectivity index (χ4v) is 2.02. The second-order valence-corrected chi connectivity index (χ2v) is 4.70. The standard InChI is InChI=1S/C14H16N2O3/c1-16(13(17)14(8-15)9-19-10-14)7-11-4-3-5-12(6-11)18-2/h3-6H,7,9-10H2,1-2H3. The molecule has 0 radical (unpaired) electrons. The SMILES string of the molecule is COc1cccc(CN(C)C(=O)C2(C#N)COC2)c1. The Balaban J connectivity index is 2.06. The van der Waals surface area contributed by atoms with Crippen molar-refractivity contribution in [3.8, 4) is 11.8 Å². The lowest BCUT2D eigenvalue weighted by Gasteiger charge is -2.36. The molecule has 0 atom stereocenters. The predicted molar refractivity (Wildman–Crippen MR) is 68.3 cm³/mol. The summed E-state index contributed by atoms with van der Waals surface area (Å²) in [5.74, 6) is 0.560. The topological polar surface area (TPSA) is 62.6 Å². The molecule has 1 amide bonds. The number of carbonyl (C=O) groups is 1. The number of hydrogen-bond acceptors (Lipinski definition) is 4. The maximum absolute atomic E-state index is 12.2. The van der Waals surface area contributed by atoms with E-state index < -0.39 is 5.41 Å². The van der Waals surface area contributed by atoms with Crippen molar-refractivity contribution in [3.63, 3.8) is 0 Å². The zero-order chi connectivity index (χ0) is 13.9. The highest BCUT2D eigenvalue weighted by Crippen LogP contribution is 2.29. The Morgan fingerprint density at radius 3 is 2.84 bits per heavy atom. The summed E-state index contributed by atoms with van der Waals surface area (Å²) in [5, 5.41) is 9.11. The van der Waals surface area contributed by atoms with Gasteiger partial charge in [0.15, 0.2) is 5.41 Å². The lowest BCUT2D eigenvalue weighted by atomic mass is 9.86. The van der Waals surface area contributed by atoms with Gasteiger partial charge in [0.1, 0.15) is 5.75 Å². The molecule has 1 saturated heterocycles. The molecule has 1 aromatic rings. The number of rotatable bonds is 4. The van der Waals surface area contributed by atoms with Gasteiger partial charge in [-0.05, 0) is 17.7 Å². The van der Waals surface area contributed by atoms with Gasteiger partial charge < -0.3 is 14.4 Å². The van der Waals surface area contributed by atoms with Crippen molar-refractivity contribution >= 4 is 5.91 Å². The first-order valence-electron chi connectivity index (χ1n) is 5.99. The van der Waals surface area contributed by atoms with E-state index in [-0.39, 0.29) is 19.1 Å².